The molecule has 1 heterocycles. The summed E-state index contributed by atoms with van der Waals surface area (Å²) in [5.74, 6) is 1.03. The van der Waals surface area contributed by atoms with Gasteiger partial charge in [0.25, 0.3) is 0 Å². The molecule has 1 aromatic heterocycles. The van der Waals surface area contributed by atoms with E-state index < -0.39 is 0 Å². The Morgan fingerprint density at radius 1 is 0.735 bits per heavy atom. The number of phenolic OH excluding ortho intramolecular Hbond substituents is 2. The molecule has 6 nitrogen and oxygen atoms in total. The van der Waals surface area contributed by atoms with E-state index >= 15 is 0 Å². The van der Waals surface area contributed by atoms with E-state index in [9.17, 15) is 10.2 Å². The molecule has 0 aliphatic rings. The zero-order valence-electron chi connectivity index (χ0n) is 18.6. The number of halogens is 1. The minimum Gasteiger partial charge on any atom is -0.504 e. The molecule has 0 amide bonds. The van der Waals surface area contributed by atoms with Gasteiger partial charge in [0.05, 0.1) is 31.3 Å². The number of aromatic nitrogens is 2. The van der Waals surface area contributed by atoms with Crippen molar-refractivity contribution < 1.29 is 19.7 Å². The van der Waals surface area contributed by atoms with E-state index in [1.165, 1.54) is 14.2 Å². The van der Waals surface area contributed by atoms with Gasteiger partial charge in [-0.1, -0.05) is 24.3 Å². The van der Waals surface area contributed by atoms with Crippen LogP contribution in [-0.2, 0) is 0 Å². The molecule has 0 atom stereocenters. The van der Waals surface area contributed by atoms with Gasteiger partial charge in [-0.15, -0.1) is 0 Å². The molecule has 4 rings (SSSR count). The summed E-state index contributed by atoms with van der Waals surface area (Å²) in [6, 6.07) is 20.5. The van der Waals surface area contributed by atoms with Crippen LogP contribution in [0.1, 0.15) is 22.5 Å². The molecule has 0 saturated carbocycles. The van der Waals surface area contributed by atoms with E-state index in [2.05, 4.69) is 22.6 Å². The average molecular weight is 566 g/mol. The molecule has 3 aromatic carbocycles. The molecule has 7 heteroatoms. The first-order valence-corrected chi connectivity index (χ1v) is 11.5. The molecule has 0 aliphatic carbocycles. The molecule has 0 saturated heterocycles. The van der Waals surface area contributed by atoms with Gasteiger partial charge in [0.1, 0.15) is 0 Å². The molecule has 34 heavy (non-hydrogen) atoms. The third kappa shape index (κ3) is 5.43. The Hall–Kier alpha value is -3.72. The van der Waals surface area contributed by atoms with Gasteiger partial charge in [0.15, 0.2) is 23.0 Å². The summed E-state index contributed by atoms with van der Waals surface area (Å²) in [4.78, 5) is 0. The first-order chi connectivity index (χ1) is 16.5. The molecule has 172 valence electrons. The van der Waals surface area contributed by atoms with Gasteiger partial charge in [0, 0.05) is 3.57 Å². The van der Waals surface area contributed by atoms with Crippen molar-refractivity contribution in [2.24, 2.45) is 0 Å². The Bertz CT molecular complexity index is 1360. The Balaban J connectivity index is 1.69. The first kappa shape index (κ1) is 23.4. The third-order valence-corrected chi connectivity index (χ3v) is 5.85. The number of nitrogens with zero attached hydrogens (tertiary/aromatic N) is 2. The van der Waals surface area contributed by atoms with Gasteiger partial charge in [-0.05, 0) is 100 Å². The predicted molar refractivity (Wildman–Crippen MR) is 143 cm³/mol. The van der Waals surface area contributed by atoms with Gasteiger partial charge in [-0.25, -0.2) is 4.68 Å². The van der Waals surface area contributed by atoms with Crippen molar-refractivity contribution in [1.82, 2.24) is 9.78 Å². The van der Waals surface area contributed by atoms with Crippen molar-refractivity contribution in [1.29, 1.82) is 0 Å². The van der Waals surface area contributed by atoms with Crippen LogP contribution in [0, 0.1) is 3.57 Å². The molecule has 0 bridgehead atoms. The summed E-state index contributed by atoms with van der Waals surface area (Å²) in [5, 5.41) is 24.4. The van der Waals surface area contributed by atoms with Crippen LogP contribution in [0.25, 0.3) is 30.0 Å². The van der Waals surface area contributed by atoms with Crippen LogP contribution in [0.2, 0.25) is 0 Å². The highest BCUT2D eigenvalue weighted by Gasteiger charge is 2.08. The Labute approximate surface area is 211 Å². The van der Waals surface area contributed by atoms with Crippen molar-refractivity contribution >= 4 is 46.9 Å². The standard InChI is InChI=1S/C27H23IN2O4/c1-33-26-15-18(5-13-24(26)31)3-9-21-17-23(30(29-21)22-11-7-20(28)8-12-22)10-4-19-6-14-25(32)27(16-19)34-2/h3-17,31-32H,1-2H3/b9-3+,10-4+. The Morgan fingerprint density at radius 2 is 1.29 bits per heavy atom. The second-order valence-electron chi connectivity index (χ2n) is 7.41. The van der Waals surface area contributed by atoms with E-state index in [0.29, 0.717) is 11.5 Å². The Morgan fingerprint density at radius 3 is 1.85 bits per heavy atom. The lowest BCUT2D eigenvalue weighted by Gasteiger charge is -2.05. The number of benzene rings is 3. The highest BCUT2D eigenvalue weighted by molar-refractivity contribution is 14.1. The summed E-state index contributed by atoms with van der Waals surface area (Å²) in [7, 11) is 3.05. The summed E-state index contributed by atoms with van der Waals surface area (Å²) in [5.41, 5.74) is 4.36. The second-order valence-corrected chi connectivity index (χ2v) is 8.66. The van der Waals surface area contributed by atoms with E-state index in [1.54, 1.807) is 24.3 Å². The molecule has 4 aromatic rings. The normalized spacial score (nSPS) is 11.4. The fraction of sp³-hybridized carbons (Fsp3) is 0.0741. The van der Waals surface area contributed by atoms with Gasteiger partial charge < -0.3 is 19.7 Å². The highest BCUT2D eigenvalue weighted by Crippen LogP contribution is 2.28. The van der Waals surface area contributed by atoms with Crippen molar-refractivity contribution in [3.05, 3.63) is 92.8 Å². The number of aromatic hydroxyl groups is 2. The molecule has 0 radical (unpaired) electrons. The number of rotatable bonds is 7. The topological polar surface area (TPSA) is 76.7 Å². The van der Waals surface area contributed by atoms with Crippen molar-refractivity contribution in [3.63, 3.8) is 0 Å². The van der Waals surface area contributed by atoms with Crippen LogP contribution >= 0.6 is 22.6 Å². The molecule has 0 aliphatic heterocycles. The first-order valence-electron chi connectivity index (χ1n) is 10.4. The number of phenols is 2. The maximum absolute atomic E-state index is 9.85. The highest BCUT2D eigenvalue weighted by atomic mass is 127. The maximum atomic E-state index is 9.85. The molecule has 2 N–H and O–H groups in total. The summed E-state index contributed by atoms with van der Waals surface area (Å²) < 4.78 is 13.4. The van der Waals surface area contributed by atoms with Crippen LogP contribution in [0.3, 0.4) is 0 Å². The summed E-state index contributed by atoms with van der Waals surface area (Å²) in [6.07, 6.45) is 7.75. The molecular weight excluding hydrogens is 543 g/mol. The molecule has 0 spiro atoms. The Kier molecular flexibility index (Phi) is 7.22. The van der Waals surface area contributed by atoms with Crippen LogP contribution in [0.5, 0.6) is 23.0 Å². The van der Waals surface area contributed by atoms with Gasteiger partial charge in [-0.2, -0.15) is 5.10 Å². The van der Waals surface area contributed by atoms with Gasteiger partial charge in [0.2, 0.25) is 0 Å². The lowest BCUT2D eigenvalue weighted by Crippen LogP contribution is -1.98. The smallest absolute Gasteiger partial charge is 0.161 e. The second kappa shape index (κ2) is 10.5. The van der Waals surface area contributed by atoms with Crippen LogP contribution < -0.4 is 9.47 Å². The monoisotopic (exact) mass is 566 g/mol. The zero-order chi connectivity index (χ0) is 24.1. The molecular formula is C27H23IN2O4. The molecule has 0 fully saturated rings. The van der Waals surface area contributed by atoms with E-state index in [-0.39, 0.29) is 11.5 Å². The number of ether oxygens (including phenoxy) is 2. The van der Waals surface area contributed by atoms with Crippen LogP contribution in [0.15, 0.2) is 66.7 Å². The summed E-state index contributed by atoms with van der Waals surface area (Å²) in [6.45, 7) is 0. The maximum Gasteiger partial charge on any atom is 0.161 e. The lowest BCUT2D eigenvalue weighted by molar-refractivity contribution is 0.373. The van der Waals surface area contributed by atoms with Crippen molar-refractivity contribution in [3.8, 4) is 28.7 Å². The van der Waals surface area contributed by atoms with Gasteiger partial charge >= 0.3 is 0 Å². The predicted octanol–water partition coefficient (Wildman–Crippen LogP) is 6.25. The zero-order valence-corrected chi connectivity index (χ0v) is 20.8. The van der Waals surface area contributed by atoms with Gasteiger partial charge in [-0.3, -0.25) is 0 Å². The fourth-order valence-electron chi connectivity index (χ4n) is 3.36. The number of hydrogen-bond donors (Lipinski definition) is 2. The third-order valence-electron chi connectivity index (χ3n) is 5.13. The SMILES string of the molecule is COc1cc(/C=C/c2cc(/C=C/c3ccc(O)c(OC)c3)n(-c3ccc(I)cc3)n2)ccc1O. The minimum absolute atomic E-state index is 0.0981. The van der Waals surface area contributed by atoms with Crippen LogP contribution in [-0.4, -0.2) is 34.2 Å². The van der Waals surface area contributed by atoms with E-state index in [4.69, 9.17) is 14.6 Å². The fourth-order valence-corrected chi connectivity index (χ4v) is 3.72. The quantitative estimate of drug-likeness (QED) is 0.259. The minimum atomic E-state index is 0.0981. The summed E-state index contributed by atoms with van der Waals surface area (Å²) >= 11 is 2.28. The number of methoxy groups -OCH3 is 2. The lowest BCUT2D eigenvalue weighted by atomic mass is 10.1. The number of hydrogen-bond acceptors (Lipinski definition) is 5. The van der Waals surface area contributed by atoms with E-state index in [1.807, 2.05) is 71.5 Å². The average Bonchev–Trinajstić information content (AvgIpc) is 3.26. The van der Waals surface area contributed by atoms with Crippen molar-refractivity contribution in [2.75, 3.05) is 14.2 Å². The molecule has 0 unspecified atom stereocenters. The van der Waals surface area contributed by atoms with Crippen LogP contribution in [0.4, 0.5) is 0 Å². The van der Waals surface area contributed by atoms with Crippen molar-refractivity contribution in [2.45, 2.75) is 0 Å². The van der Waals surface area contributed by atoms with E-state index in [0.717, 1.165) is 31.8 Å². The largest absolute Gasteiger partial charge is 0.504 e.